The third-order valence-corrected chi connectivity index (χ3v) is 3.33. The average molecular weight is 312 g/mol. The van der Waals surface area contributed by atoms with Crippen molar-refractivity contribution in [2.24, 2.45) is 5.10 Å². The minimum Gasteiger partial charge on any atom is -0.497 e. The second-order valence-corrected chi connectivity index (χ2v) is 5.03. The second kappa shape index (κ2) is 8.70. The molecule has 5 nitrogen and oxygen atoms in total. The van der Waals surface area contributed by atoms with Gasteiger partial charge >= 0.3 is 0 Å². The summed E-state index contributed by atoms with van der Waals surface area (Å²) in [6.45, 7) is 0. The highest BCUT2D eigenvalue weighted by molar-refractivity contribution is 5.82. The summed E-state index contributed by atoms with van der Waals surface area (Å²) in [7, 11) is 1.59. The molecule has 2 N–H and O–H groups in total. The fraction of sp³-hybridized carbons (Fsp3) is 0.222. The van der Waals surface area contributed by atoms with Gasteiger partial charge in [0.05, 0.1) is 19.4 Å². The van der Waals surface area contributed by atoms with Crippen molar-refractivity contribution in [2.45, 2.75) is 18.9 Å². The summed E-state index contributed by atoms with van der Waals surface area (Å²) in [5.74, 6) is 0.491. The number of carbonyl (C=O) groups is 1. The van der Waals surface area contributed by atoms with E-state index in [1.54, 1.807) is 13.3 Å². The summed E-state index contributed by atoms with van der Waals surface area (Å²) in [4.78, 5) is 11.7. The number of methoxy groups -OCH3 is 1. The Morgan fingerprint density at radius 3 is 2.78 bits per heavy atom. The van der Waals surface area contributed by atoms with Crippen molar-refractivity contribution in [1.29, 1.82) is 0 Å². The predicted octanol–water partition coefficient (Wildman–Crippen LogP) is 2.66. The normalized spacial score (nSPS) is 12.1. The maximum absolute atomic E-state index is 11.7. The first-order chi connectivity index (χ1) is 11.2. The number of rotatable bonds is 7. The topological polar surface area (TPSA) is 70.9 Å². The van der Waals surface area contributed by atoms with Crippen molar-refractivity contribution in [3.05, 3.63) is 65.7 Å². The quantitative estimate of drug-likeness (QED) is 0.610. The number of nitrogens with zero attached hydrogens (tertiary/aromatic N) is 1. The van der Waals surface area contributed by atoms with E-state index in [0.29, 0.717) is 6.42 Å². The van der Waals surface area contributed by atoms with E-state index in [-0.39, 0.29) is 12.3 Å². The molecule has 0 heterocycles. The molecule has 1 amide bonds. The van der Waals surface area contributed by atoms with Crippen molar-refractivity contribution < 1.29 is 14.6 Å². The van der Waals surface area contributed by atoms with Crippen LogP contribution < -0.4 is 10.2 Å². The van der Waals surface area contributed by atoms with Crippen LogP contribution in [0, 0.1) is 0 Å². The molecule has 23 heavy (non-hydrogen) atoms. The first-order valence-corrected chi connectivity index (χ1v) is 7.38. The third kappa shape index (κ3) is 5.56. The zero-order valence-corrected chi connectivity index (χ0v) is 13.0. The summed E-state index contributed by atoms with van der Waals surface area (Å²) in [5, 5.41) is 13.9. The van der Waals surface area contributed by atoms with Gasteiger partial charge < -0.3 is 9.84 Å². The number of nitrogens with one attached hydrogen (secondary N) is 1. The lowest BCUT2D eigenvalue weighted by Crippen LogP contribution is -2.18. The predicted molar refractivity (Wildman–Crippen MR) is 89.4 cm³/mol. The highest BCUT2D eigenvalue weighted by Crippen LogP contribution is 2.17. The number of benzene rings is 2. The van der Waals surface area contributed by atoms with Crippen LogP contribution in [0.15, 0.2) is 59.7 Å². The van der Waals surface area contributed by atoms with Crippen LogP contribution in [0.5, 0.6) is 5.75 Å². The molecule has 0 radical (unpaired) electrons. The van der Waals surface area contributed by atoms with Crippen LogP contribution in [-0.2, 0) is 4.79 Å². The van der Waals surface area contributed by atoms with E-state index in [4.69, 9.17) is 4.74 Å². The smallest absolute Gasteiger partial charge is 0.240 e. The van der Waals surface area contributed by atoms with Gasteiger partial charge in [-0.15, -0.1) is 0 Å². The molecule has 2 aromatic carbocycles. The fourth-order valence-electron chi connectivity index (χ4n) is 2.07. The van der Waals surface area contributed by atoms with E-state index in [2.05, 4.69) is 10.5 Å². The maximum atomic E-state index is 11.7. The molecule has 2 rings (SSSR count). The van der Waals surface area contributed by atoms with Gasteiger partial charge in [0, 0.05) is 6.42 Å². The minimum absolute atomic E-state index is 0.200. The summed E-state index contributed by atoms with van der Waals surface area (Å²) in [6, 6.07) is 16.6. The standard InChI is InChI=1S/C18H20N2O3/c1-23-16-9-5-6-14(12-16)13-19-20-18(22)11-10-17(21)15-7-3-2-4-8-15/h2-9,12-13,17,21H,10-11H2,1H3,(H,20,22)/b19-13-/t17-/m0/s1. The Morgan fingerprint density at radius 2 is 2.04 bits per heavy atom. The van der Waals surface area contributed by atoms with Crippen molar-refractivity contribution in [1.82, 2.24) is 5.43 Å². The van der Waals surface area contributed by atoms with E-state index in [1.807, 2.05) is 54.6 Å². The highest BCUT2D eigenvalue weighted by atomic mass is 16.5. The summed E-state index contributed by atoms with van der Waals surface area (Å²) < 4.78 is 5.11. The van der Waals surface area contributed by atoms with Gasteiger partial charge in [-0.2, -0.15) is 5.10 Å². The minimum atomic E-state index is -0.649. The SMILES string of the molecule is COc1cccc(/C=N\NC(=O)CC[C@H](O)c2ccccc2)c1. The Labute approximate surface area is 135 Å². The Kier molecular flexibility index (Phi) is 6.32. The van der Waals surface area contributed by atoms with Crippen LogP contribution in [-0.4, -0.2) is 24.3 Å². The van der Waals surface area contributed by atoms with Crippen molar-refractivity contribution in [3.63, 3.8) is 0 Å². The molecule has 2 aromatic rings. The van der Waals surface area contributed by atoms with E-state index >= 15 is 0 Å². The molecule has 1 atom stereocenters. The molecular weight excluding hydrogens is 292 g/mol. The molecule has 0 unspecified atom stereocenters. The molecule has 0 aliphatic heterocycles. The lowest BCUT2D eigenvalue weighted by molar-refractivity contribution is -0.121. The van der Waals surface area contributed by atoms with Gasteiger partial charge in [0.1, 0.15) is 5.75 Å². The number of aliphatic hydroxyl groups is 1. The van der Waals surface area contributed by atoms with Crippen LogP contribution in [0.25, 0.3) is 0 Å². The molecule has 5 heteroatoms. The van der Waals surface area contributed by atoms with Crippen LogP contribution in [0.2, 0.25) is 0 Å². The largest absolute Gasteiger partial charge is 0.497 e. The molecular formula is C18H20N2O3. The summed E-state index contributed by atoms with van der Waals surface area (Å²) >= 11 is 0. The van der Waals surface area contributed by atoms with Crippen LogP contribution in [0.4, 0.5) is 0 Å². The monoisotopic (exact) mass is 312 g/mol. The van der Waals surface area contributed by atoms with Gasteiger partial charge in [-0.3, -0.25) is 4.79 Å². The van der Waals surface area contributed by atoms with Crippen molar-refractivity contribution in [2.75, 3.05) is 7.11 Å². The van der Waals surface area contributed by atoms with Gasteiger partial charge in [0.25, 0.3) is 0 Å². The first kappa shape index (κ1) is 16.7. The van der Waals surface area contributed by atoms with Gasteiger partial charge in [0.2, 0.25) is 5.91 Å². The Balaban J connectivity index is 1.77. The molecule has 0 saturated carbocycles. The summed E-state index contributed by atoms with van der Waals surface area (Å²) in [5.41, 5.74) is 4.09. The zero-order valence-electron chi connectivity index (χ0n) is 13.0. The lowest BCUT2D eigenvalue weighted by atomic mass is 10.1. The van der Waals surface area contributed by atoms with Crippen LogP contribution in [0.1, 0.15) is 30.1 Å². The average Bonchev–Trinajstić information content (AvgIpc) is 2.60. The Morgan fingerprint density at radius 1 is 1.26 bits per heavy atom. The van der Waals surface area contributed by atoms with E-state index in [9.17, 15) is 9.90 Å². The molecule has 0 aliphatic carbocycles. The van der Waals surface area contributed by atoms with Gasteiger partial charge in [-0.1, -0.05) is 42.5 Å². The molecule has 0 spiro atoms. The number of carbonyl (C=O) groups excluding carboxylic acids is 1. The van der Waals surface area contributed by atoms with Crippen molar-refractivity contribution in [3.8, 4) is 5.75 Å². The molecule has 0 aromatic heterocycles. The number of aliphatic hydroxyl groups excluding tert-OH is 1. The highest BCUT2D eigenvalue weighted by Gasteiger charge is 2.09. The molecule has 0 aliphatic rings. The van der Waals surface area contributed by atoms with Gasteiger partial charge in [-0.25, -0.2) is 5.43 Å². The number of amides is 1. The van der Waals surface area contributed by atoms with E-state index < -0.39 is 6.10 Å². The maximum Gasteiger partial charge on any atom is 0.240 e. The number of hydrogen-bond donors (Lipinski definition) is 2. The summed E-state index contributed by atoms with van der Waals surface area (Å²) in [6.07, 6.45) is 1.45. The number of hydrazone groups is 1. The first-order valence-electron chi connectivity index (χ1n) is 7.38. The molecule has 0 bridgehead atoms. The number of hydrogen-bond acceptors (Lipinski definition) is 4. The third-order valence-electron chi connectivity index (χ3n) is 3.33. The fourth-order valence-corrected chi connectivity index (χ4v) is 2.07. The molecule has 0 saturated heterocycles. The lowest BCUT2D eigenvalue weighted by Gasteiger charge is -2.09. The van der Waals surface area contributed by atoms with Crippen molar-refractivity contribution >= 4 is 12.1 Å². The van der Waals surface area contributed by atoms with Crippen LogP contribution >= 0.6 is 0 Å². The number of ether oxygens (including phenoxy) is 1. The Hall–Kier alpha value is -2.66. The Bertz CT molecular complexity index is 656. The van der Waals surface area contributed by atoms with E-state index in [1.165, 1.54) is 0 Å². The van der Waals surface area contributed by atoms with Crippen LogP contribution in [0.3, 0.4) is 0 Å². The molecule has 120 valence electrons. The van der Waals surface area contributed by atoms with E-state index in [0.717, 1.165) is 16.9 Å². The second-order valence-electron chi connectivity index (χ2n) is 5.03. The molecule has 0 fully saturated rings. The van der Waals surface area contributed by atoms with Gasteiger partial charge in [0.15, 0.2) is 0 Å². The zero-order chi connectivity index (χ0) is 16.5. The van der Waals surface area contributed by atoms with Gasteiger partial charge in [-0.05, 0) is 29.7 Å².